The summed E-state index contributed by atoms with van der Waals surface area (Å²) in [6.07, 6.45) is 12.6. The topological polar surface area (TPSA) is 29.1 Å². The molecule has 15 heavy (non-hydrogen) atoms. The molecule has 1 aliphatic carbocycles. The van der Waals surface area contributed by atoms with Crippen LogP contribution in [-0.2, 0) is 4.79 Å². The van der Waals surface area contributed by atoms with Crippen LogP contribution in [0.1, 0.15) is 64.2 Å². The highest BCUT2D eigenvalue weighted by Gasteiger charge is 2.21. The lowest BCUT2D eigenvalue weighted by Gasteiger charge is -2.26. The highest BCUT2D eigenvalue weighted by molar-refractivity contribution is 5.76. The van der Waals surface area contributed by atoms with Gasteiger partial charge in [-0.1, -0.05) is 38.5 Å². The van der Waals surface area contributed by atoms with Crippen LogP contribution in [0.4, 0.5) is 0 Å². The summed E-state index contributed by atoms with van der Waals surface area (Å²) < 4.78 is 0. The van der Waals surface area contributed by atoms with Gasteiger partial charge in [0.15, 0.2) is 0 Å². The molecule has 1 amide bonds. The summed E-state index contributed by atoms with van der Waals surface area (Å²) in [5.74, 6) is 1.18. The van der Waals surface area contributed by atoms with Gasteiger partial charge in [0.25, 0.3) is 0 Å². The summed E-state index contributed by atoms with van der Waals surface area (Å²) in [5.41, 5.74) is 0. The summed E-state index contributed by atoms with van der Waals surface area (Å²) in [5, 5.41) is 3.19. The van der Waals surface area contributed by atoms with Crippen molar-refractivity contribution in [2.45, 2.75) is 70.3 Å². The molecule has 0 aromatic rings. The molecule has 2 heteroatoms. The molecule has 1 saturated carbocycles. The van der Waals surface area contributed by atoms with Crippen LogP contribution in [0, 0.1) is 5.92 Å². The van der Waals surface area contributed by atoms with Gasteiger partial charge in [-0.2, -0.15) is 0 Å². The van der Waals surface area contributed by atoms with Crippen molar-refractivity contribution in [2.24, 2.45) is 5.92 Å². The van der Waals surface area contributed by atoms with Crippen LogP contribution in [0.2, 0.25) is 0 Å². The summed E-state index contributed by atoms with van der Waals surface area (Å²) in [6.45, 7) is 0. The van der Waals surface area contributed by atoms with Crippen molar-refractivity contribution < 1.29 is 4.79 Å². The molecular weight excluding hydrogens is 186 g/mol. The molecule has 0 bridgehead atoms. The number of amides is 1. The van der Waals surface area contributed by atoms with Crippen molar-refractivity contribution in [3.05, 3.63) is 0 Å². The molecular formula is C13H23NO. The molecule has 0 spiro atoms. The van der Waals surface area contributed by atoms with E-state index in [1.165, 1.54) is 51.4 Å². The van der Waals surface area contributed by atoms with E-state index in [0.29, 0.717) is 6.04 Å². The van der Waals surface area contributed by atoms with Crippen molar-refractivity contribution in [1.29, 1.82) is 0 Å². The second-order valence-corrected chi connectivity index (χ2v) is 5.25. The first-order chi connectivity index (χ1) is 7.34. The molecule has 1 unspecified atom stereocenters. The Labute approximate surface area is 92.8 Å². The molecule has 0 radical (unpaired) electrons. The summed E-state index contributed by atoms with van der Waals surface area (Å²) in [4.78, 5) is 11.4. The second kappa shape index (κ2) is 5.53. The van der Waals surface area contributed by atoms with Gasteiger partial charge in [-0.15, -0.1) is 0 Å². The smallest absolute Gasteiger partial charge is 0.220 e. The first-order valence-electron chi connectivity index (χ1n) is 6.64. The minimum atomic E-state index is 0.285. The van der Waals surface area contributed by atoms with E-state index in [9.17, 15) is 4.79 Å². The van der Waals surface area contributed by atoms with Crippen LogP contribution in [-0.4, -0.2) is 11.9 Å². The Balaban J connectivity index is 1.78. The molecule has 2 nitrogen and oxygen atoms in total. The molecule has 86 valence electrons. The quantitative estimate of drug-likeness (QED) is 0.744. The zero-order valence-corrected chi connectivity index (χ0v) is 9.63. The van der Waals surface area contributed by atoms with E-state index in [-0.39, 0.29) is 5.91 Å². The number of carbonyl (C=O) groups is 1. The molecule has 2 fully saturated rings. The van der Waals surface area contributed by atoms with Crippen LogP contribution in [0.3, 0.4) is 0 Å². The minimum absolute atomic E-state index is 0.285. The van der Waals surface area contributed by atoms with Crippen molar-refractivity contribution >= 4 is 5.91 Å². The van der Waals surface area contributed by atoms with E-state index < -0.39 is 0 Å². The number of hydrogen-bond acceptors (Lipinski definition) is 1. The lowest BCUT2D eigenvalue weighted by atomic mass is 9.84. The predicted octanol–water partition coefficient (Wildman–Crippen LogP) is 3.02. The third-order valence-electron chi connectivity index (χ3n) is 3.91. The van der Waals surface area contributed by atoms with Crippen LogP contribution in [0.5, 0.6) is 0 Å². The van der Waals surface area contributed by atoms with Crippen LogP contribution >= 0.6 is 0 Å². The maximum absolute atomic E-state index is 11.4. The van der Waals surface area contributed by atoms with Gasteiger partial charge in [-0.05, 0) is 25.2 Å². The Morgan fingerprint density at radius 3 is 2.53 bits per heavy atom. The SMILES string of the molecule is O=C1CCCCC(CC2CCCCC2)N1. The van der Waals surface area contributed by atoms with E-state index in [4.69, 9.17) is 0 Å². The third kappa shape index (κ3) is 3.51. The Hall–Kier alpha value is -0.530. The molecule has 2 rings (SSSR count). The highest BCUT2D eigenvalue weighted by atomic mass is 16.1. The maximum Gasteiger partial charge on any atom is 0.220 e. The van der Waals surface area contributed by atoms with Crippen LogP contribution in [0.25, 0.3) is 0 Å². The van der Waals surface area contributed by atoms with Gasteiger partial charge in [0.05, 0.1) is 0 Å². The van der Waals surface area contributed by atoms with E-state index in [1.54, 1.807) is 0 Å². The van der Waals surface area contributed by atoms with Gasteiger partial charge in [0.2, 0.25) is 5.91 Å². The van der Waals surface area contributed by atoms with Gasteiger partial charge in [-0.3, -0.25) is 4.79 Å². The fourth-order valence-corrected chi connectivity index (χ4v) is 3.05. The fraction of sp³-hybridized carbons (Fsp3) is 0.923. The number of hydrogen-bond donors (Lipinski definition) is 1. The molecule has 1 saturated heterocycles. The highest BCUT2D eigenvalue weighted by Crippen LogP contribution is 2.28. The van der Waals surface area contributed by atoms with Gasteiger partial charge in [-0.25, -0.2) is 0 Å². The lowest BCUT2D eigenvalue weighted by molar-refractivity contribution is -0.121. The van der Waals surface area contributed by atoms with Gasteiger partial charge >= 0.3 is 0 Å². The monoisotopic (exact) mass is 209 g/mol. The van der Waals surface area contributed by atoms with Crippen molar-refractivity contribution in [2.75, 3.05) is 0 Å². The lowest BCUT2D eigenvalue weighted by Crippen LogP contribution is -2.34. The van der Waals surface area contributed by atoms with E-state index in [1.807, 2.05) is 0 Å². The fourth-order valence-electron chi connectivity index (χ4n) is 3.05. The van der Waals surface area contributed by atoms with Gasteiger partial charge < -0.3 is 5.32 Å². The van der Waals surface area contributed by atoms with E-state index in [2.05, 4.69) is 5.32 Å². The maximum atomic E-state index is 11.4. The summed E-state index contributed by atoms with van der Waals surface area (Å²) in [7, 11) is 0. The first-order valence-corrected chi connectivity index (χ1v) is 6.64. The third-order valence-corrected chi connectivity index (χ3v) is 3.91. The largest absolute Gasteiger partial charge is 0.353 e. The summed E-state index contributed by atoms with van der Waals surface area (Å²) >= 11 is 0. The zero-order chi connectivity index (χ0) is 10.5. The molecule has 2 aliphatic rings. The molecule has 1 atom stereocenters. The van der Waals surface area contributed by atoms with Crippen molar-refractivity contribution in [1.82, 2.24) is 5.32 Å². The van der Waals surface area contributed by atoms with Crippen molar-refractivity contribution in [3.8, 4) is 0 Å². The Bertz CT molecular complexity index is 209. The summed E-state index contributed by atoms with van der Waals surface area (Å²) in [6, 6.07) is 0.489. The normalized spacial score (nSPS) is 29.6. The van der Waals surface area contributed by atoms with E-state index >= 15 is 0 Å². The Morgan fingerprint density at radius 1 is 1.00 bits per heavy atom. The first kappa shape index (κ1) is 11.0. The van der Waals surface area contributed by atoms with Gasteiger partial charge in [0.1, 0.15) is 0 Å². The molecule has 1 N–H and O–H groups in total. The second-order valence-electron chi connectivity index (χ2n) is 5.25. The average Bonchev–Trinajstić information content (AvgIpc) is 2.44. The zero-order valence-electron chi connectivity index (χ0n) is 9.63. The minimum Gasteiger partial charge on any atom is -0.353 e. The number of nitrogens with one attached hydrogen (secondary N) is 1. The number of carbonyl (C=O) groups excluding carboxylic acids is 1. The van der Waals surface area contributed by atoms with Crippen molar-refractivity contribution in [3.63, 3.8) is 0 Å². The number of rotatable bonds is 2. The van der Waals surface area contributed by atoms with Crippen LogP contribution < -0.4 is 5.32 Å². The van der Waals surface area contributed by atoms with Crippen LogP contribution in [0.15, 0.2) is 0 Å². The van der Waals surface area contributed by atoms with E-state index in [0.717, 1.165) is 18.8 Å². The average molecular weight is 209 g/mol. The molecule has 1 aliphatic heterocycles. The molecule has 0 aromatic heterocycles. The van der Waals surface area contributed by atoms with Gasteiger partial charge in [0, 0.05) is 12.5 Å². The standard InChI is InChI=1S/C13H23NO/c15-13-9-5-4-8-12(14-13)10-11-6-2-1-3-7-11/h11-12H,1-10H2,(H,14,15). The molecule has 1 heterocycles. The Morgan fingerprint density at radius 2 is 1.73 bits per heavy atom. The Kier molecular flexibility index (Phi) is 4.04. The molecule has 0 aromatic carbocycles. The predicted molar refractivity (Wildman–Crippen MR) is 61.6 cm³/mol.